The summed E-state index contributed by atoms with van der Waals surface area (Å²) < 4.78 is 0. The van der Waals surface area contributed by atoms with E-state index >= 15 is 0 Å². The first-order valence-electron chi connectivity index (χ1n) is 4.68. The molecule has 0 aliphatic heterocycles. The summed E-state index contributed by atoms with van der Waals surface area (Å²) in [4.78, 5) is 12.7. The van der Waals surface area contributed by atoms with Gasteiger partial charge in [0.1, 0.15) is 0 Å². The average molecular weight is 217 g/mol. The van der Waals surface area contributed by atoms with Crippen molar-refractivity contribution in [3.05, 3.63) is 47.3 Å². The minimum Gasteiger partial charge on any atom is -0.355 e. The Hall–Kier alpha value is -1.61. The molecule has 0 aliphatic carbocycles. The summed E-state index contributed by atoms with van der Waals surface area (Å²) in [7, 11) is 1.65. The van der Waals surface area contributed by atoms with Crippen molar-refractivity contribution in [1.29, 1.82) is 0 Å². The number of nitrogens with one attached hydrogen (secondary N) is 1. The quantitative estimate of drug-likeness (QED) is 0.823. The molecule has 2 nitrogen and oxygen atoms in total. The third kappa shape index (κ3) is 1.92. The van der Waals surface area contributed by atoms with E-state index in [9.17, 15) is 4.79 Å². The van der Waals surface area contributed by atoms with E-state index in [1.807, 2.05) is 41.8 Å². The van der Waals surface area contributed by atoms with Crippen LogP contribution in [0.5, 0.6) is 0 Å². The molecule has 1 heterocycles. The van der Waals surface area contributed by atoms with Crippen LogP contribution in [0, 0.1) is 0 Å². The molecular formula is C12H11NOS. The first-order valence-corrected chi connectivity index (χ1v) is 5.56. The van der Waals surface area contributed by atoms with Crippen LogP contribution >= 0.6 is 11.3 Å². The van der Waals surface area contributed by atoms with Crippen LogP contribution in [0.25, 0.3) is 10.4 Å². The monoisotopic (exact) mass is 217 g/mol. The Morgan fingerprint density at radius 3 is 2.67 bits per heavy atom. The molecule has 0 radical (unpaired) electrons. The number of amides is 1. The number of benzene rings is 1. The number of hydrogen-bond donors (Lipinski definition) is 1. The van der Waals surface area contributed by atoms with Gasteiger partial charge >= 0.3 is 0 Å². The standard InChI is InChI=1S/C12H11NOS/c1-13-12(14)10-6-3-2-5-9(10)11-7-4-8-15-11/h2-8H,1H3,(H,13,14). The second-order valence-electron chi connectivity index (χ2n) is 3.10. The lowest BCUT2D eigenvalue weighted by atomic mass is 10.1. The molecule has 1 amide bonds. The van der Waals surface area contributed by atoms with Crippen LogP contribution in [-0.2, 0) is 0 Å². The highest BCUT2D eigenvalue weighted by atomic mass is 32.1. The van der Waals surface area contributed by atoms with Crippen molar-refractivity contribution in [3.63, 3.8) is 0 Å². The van der Waals surface area contributed by atoms with Crippen molar-refractivity contribution in [2.24, 2.45) is 0 Å². The van der Waals surface area contributed by atoms with Gasteiger partial charge in [-0.15, -0.1) is 11.3 Å². The molecule has 0 atom stereocenters. The second-order valence-corrected chi connectivity index (χ2v) is 4.05. The summed E-state index contributed by atoms with van der Waals surface area (Å²) in [5.74, 6) is -0.0426. The summed E-state index contributed by atoms with van der Waals surface area (Å²) in [6.07, 6.45) is 0. The van der Waals surface area contributed by atoms with Crippen molar-refractivity contribution < 1.29 is 4.79 Å². The fourth-order valence-electron chi connectivity index (χ4n) is 1.46. The summed E-state index contributed by atoms with van der Waals surface area (Å²) in [6, 6.07) is 11.6. The Morgan fingerprint density at radius 1 is 1.20 bits per heavy atom. The minimum atomic E-state index is -0.0426. The van der Waals surface area contributed by atoms with Gasteiger partial charge in [-0.25, -0.2) is 0 Å². The molecule has 15 heavy (non-hydrogen) atoms. The largest absolute Gasteiger partial charge is 0.355 e. The highest BCUT2D eigenvalue weighted by Gasteiger charge is 2.10. The maximum Gasteiger partial charge on any atom is 0.251 e. The van der Waals surface area contributed by atoms with Crippen molar-refractivity contribution in [3.8, 4) is 10.4 Å². The lowest BCUT2D eigenvalue weighted by Crippen LogP contribution is -2.18. The van der Waals surface area contributed by atoms with Gasteiger partial charge in [-0.2, -0.15) is 0 Å². The van der Waals surface area contributed by atoms with E-state index in [4.69, 9.17) is 0 Å². The molecule has 1 N–H and O–H groups in total. The van der Waals surface area contributed by atoms with Gasteiger partial charge < -0.3 is 5.32 Å². The molecule has 1 aromatic heterocycles. The predicted molar refractivity (Wildman–Crippen MR) is 63.1 cm³/mol. The van der Waals surface area contributed by atoms with E-state index in [0.29, 0.717) is 0 Å². The molecule has 2 rings (SSSR count). The van der Waals surface area contributed by atoms with E-state index in [2.05, 4.69) is 5.32 Å². The van der Waals surface area contributed by atoms with Crippen LogP contribution < -0.4 is 5.32 Å². The first-order chi connectivity index (χ1) is 7.33. The maximum absolute atomic E-state index is 11.6. The van der Waals surface area contributed by atoms with E-state index in [0.717, 1.165) is 16.0 Å². The zero-order valence-corrected chi connectivity index (χ0v) is 9.17. The van der Waals surface area contributed by atoms with Gasteiger partial charge in [0.05, 0.1) is 0 Å². The first kappa shape index (κ1) is 9.93. The molecule has 1 aromatic carbocycles. The van der Waals surface area contributed by atoms with E-state index in [1.54, 1.807) is 18.4 Å². The van der Waals surface area contributed by atoms with Crippen molar-refractivity contribution in [1.82, 2.24) is 5.32 Å². The van der Waals surface area contributed by atoms with Gasteiger partial charge in [0, 0.05) is 23.1 Å². The summed E-state index contributed by atoms with van der Waals surface area (Å²) in [5.41, 5.74) is 1.72. The summed E-state index contributed by atoms with van der Waals surface area (Å²) in [6.45, 7) is 0. The molecule has 0 saturated carbocycles. The number of thiophene rings is 1. The van der Waals surface area contributed by atoms with Crippen molar-refractivity contribution in [2.45, 2.75) is 0 Å². The van der Waals surface area contributed by atoms with E-state index in [-0.39, 0.29) is 5.91 Å². The van der Waals surface area contributed by atoms with Crippen LogP contribution in [0.1, 0.15) is 10.4 Å². The molecule has 0 unspecified atom stereocenters. The zero-order valence-electron chi connectivity index (χ0n) is 8.36. The van der Waals surface area contributed by atoms with Crippen LogP contribution in [-0.4, -0.2) is 13.0 Å². The Balaban J connectivity index is 2.52. The SMILES string of the molecule is CNC(=O)c1ccccc1-c1cccs1. The van der Waals surface area contributed by atoms with Gasteiger partial charge in [0.25, 0.3) is 5.91 Å². The van der Waals surface area contributed by atoms with E-state index < -0.39 is 0 Å². The van der Waals surface area contributed by atoms with Crippen molar-refractivity contribution in [2.75, 3.05) is 7.05 Å². The second kappa shape index (κ2) is 4.28. The van der Waals surface area contributed by atoms with Gasteiger partial charge in [0.2, 0.25) is 0 Å². The molecule has 0 bridgehead atoms. The third-order valence-corrected chi connectivity index (χ3v) is 3.09. The predicted octanol–water partition coefficient (Wildman–Crippen LogP) is 2.77. The fraction of sp³-hybridized carbons (Fsp3) is 0.0833. The number of rotatable bonds is 2. The van der Waals surface area contributed by atoms with Gasteiger partial charge in [-0.05, 0) is 17.5 Å². The average Bonchev–Trinajstić information content (AvgIpc) is 2.81. The summed E-state index contributed by atoms with van der Waals surface area (Å²) in [5, 5.41) is 4.66. The molecule has 0 saturated heterocycles. The fourth-order valence-corrected chi connectivity index (χ4v) is 2.23. The molecular weight excluding hydrogens is 206 g/mol. The van der Waals surface area contributed by atoms with Gasteiger partial charge in [-0.1, -0.05) is 24.3 Å². The molecule has 76 valence electrons. The van der Waals surface area contributed by atoms with Crippen LogP contribution in [0.3, 0.4) is 0 Å². The minimum absolute atomic E-state index is 0.0426. The van der Waals surface area contributed by atoms with Crippen LogP contribution in [0.15, 0.2) is 41.8 Å². The molecule has 0 fully saturated rings. The highest BCUT2D eigenvalue weighted by molar-refractivity contribution is 7.13. The Bertz CT molecular complexity index is 462. The maximum atomic E-state index is 11.6. The lowest BCUT2D eigenvalue weighted by molar-refractivity contribution is 0.0964. The number of carbonyl (C=O) groups is 1. The Kier molecular flexibility index (Phi) is 2.83. The van der Waals surface area contributed by atoms with Crippen molar-refractivity contribution >= 4 is 17.2 Å². The third-order valence-electron chi connectivity index (χ3n) is 2.19. The summed E-state index contributed by atoms with van der Waals surface area (Å²) >= 11 is 1.64. The Labute approximate surface area is 92.6 Å². The highest BCUT2D eigenvalue weighted by Crippen LogP contribution is 2.27. The number of hydrogen-bond acceptors (Lipinski definition) is 2. The molecule has 0 spiro atoms. The number of carbonyl (C=O) groups excluding carboxylic acids is 1. The van der Waals surface area contributed by atoms with Crippen LogP contribution in [0.2, 0.25) is 0 Å². The van der Waals surface area contributed by atoms with Gasteiger partial charge in [-0.3, -0.25) is 4.79 Å². The van der Waals surface area contributed by atoms with Crippen LogP contribution in [0.4, 0.5) is 0 Å². The normalized spacial score (nSPS) is 9.93. The molecule has 3 heteroatoms. The van der Waals surface area contributed by atoms with E-state index in [1.165, 1.54) is 0 Å². The van der Waals surface area contributed by atoms with Gasteiger partial charge in [0.15, 0.2) is 0 Å². The zero-order chi connectivity index (χ0) is 10.7. The smallest absolute Gasteiger partial charge is 0.251 e. The molecule has 2 aromatic rings. The Morgan fingerprint density at radius 2 is 2.00 bits per heavy atom. The molecule has 0 aliphatic rings. The lowest BCUT2D eigenvalue weighted by Gasteiger charge is -2.05. The topological polar surface area (TPSA) is 29.1 Å².